The molecule has 1 unspecified atom stereocenters. The smallest absolute Gasteiger partial charge is 0.253 e. The molecule has 5 nitrogen and oxygen atoms in total. The van der Waals surface area contributed by atoms with Crippen LogP contribution in [0.4, 0.5) is 0 Å². The Morgan fingerprint density at radius 1 is 1.23 bits per heavy atom. The predicted octanol–water partition coefficient (Wildman–Crippen LogP) is 1.63. The minimum atomic E-state index is -0.0433. The van der Waals surface area contributed by atoms with Gasteiger partial charge in [0.2, 0.25) is 0 Å². The summed E-state index contributed by atoms with van der Waals surface area (Å²) in [7, 11) is 0. The Balaban J connectivity index is 1.56. The highest BCUT2D eigenvalue weighted by Crippen LogP contribution is 2.27. The molecule has 2 bridgehead atoms. The van der Waals surface area contributed by atoms with Crippen LogP contribution < -0.4 is 5.32 Å². The van der Waals surface area contributed by atoms with Crippen LogP contribution in [0.15, 0.2) is 30.5 Å². The van der Waals surface area contributed by atoms with Gasteiger partial charge in [-0.15, -0.1) is 0 Å². The third-order valence-corrected chi connectivity index (χ3v) is 5.00. The maximum absolute atomic E-state index is 12.5. The van der Waals surface area contributed by atoms with Crippen molar-refractivity contribution < 1.29 is 4.79 Å². The Hall–Kier alpha value is -2.32. The Morgan fingerprint density at radius 3 is 2.68 bits per heavy atom. The summed E-state index contributed by atoms with van der Waals surface area (Å²) in [5, 5.41) is 12.3. The fourth-order valence-corrected chi connectivity index (χ4v) is 3.71. The molecular weight excluding hydrogens is 276 g/mol. The van der Waals surface area contributed by atoms with Gasteiger partial charge in [-0.2, -0.15) is 5.26 Å². The minimum Gasteiger partial charge on any atom is -0.348 e. The first-order valence-electron chi connectivity index (χ1n) is 7.79. The largest absolute Gasteiger partial charge is 0.348 e. The van der Waals surface area contributed by atoms with E-state index in [4.69, 9.17) is 5.26 Å². The Morgan fingerprint density at radius 2 is 2.00 bits per heavy atom. The van der Waals surface area contributed by atoms with E-state index in [-0.39, 0.29) is 11.9 Å². The molecule has 0 saturated carbocycles. The van der Waals surface area contributed by atoms with Crippen molar-refractivity contribution in [2.45, 2.75) is 18.9 Å². The van der Waals surface area contributed by atoms with E-state index in [1.165, 1.54) is 12.8 Å². The van der Waals surface area contributed by atoms with Gasteiger partial charge in [0.05, 0.1) is 5.56 Å². The molecule has 3 aliphatic rings. The number of nitrogens with one attached hydrogen (secondary N) is 1. The number of hydrogen-bond acceptors (Lipinski definition) is 3. The maximum atomic E-state index is 12.5. The molecule has 2 aromatic heterocycles. The Labute approximate surface area is 129 Å². The van der Waals surface area contributed by atoms with Crippen LogP contribution in [0.1, 0.15) is 28.9 Å². The molecule has 3 fully saturated rings. The lowest BCUT2D eigenvalue weighted by Crippen LogP contribution is -2.57. The van der Waals surface area contributed by atoms with E-state index in [9.17, 15) is 4.79 Å². The van der Waals surface area contributed by atoms with Crippen LogP contribution in [0.3, 0.4) is 0 Å². The Bertz CT molecular complexity index is 765. The summed E-state index contributed by atoms with van der Waals surface area (Å²) in [5.74, 6) is 0.567. The van der Waals surface area contributed by atoms with E-state index in [1.807, 2.05) is 18.2 Å². The number of carbonyl (C=O) groups is 1. The third kappa shape index (κ3) is 2.16. The fourth-order valence-electron chi connectivity index (χ4n) is 3.71. The molecular formula is C17H18N4O. The summed E-state index contributed by atoms with van der Waals surface area (Å²) in [4.78, 5) is 15.0. The summed E-state index contributed by atoms with van der Waals surface area (Å²) in [5.41, 5.74) is 2.08. The molecule has 1 amide bonds. The van der Waals surface area contributed by atoms with Gasteiger partial charge in [0, 0.05) is 24.3 Å². The number of rotatable bonds is 2. The lowest BCUT2D eigenvalue weighted by atomic mass is 9.84. The highest BCUT2D eigenvalue weighted by atomic mass is 16.1. The number of carbonyl (C=O) groups excluding carboxylic acids is 1. The predicted molar refractivity (Wildman–Crippen MR) is 82.5 cm³/mol. The van der Waals surface area contributed by atoms with Crippen LogP contribution >= 0.6 is 0 Å². The zero-order valence-corrected chi connectivity index (χ0v) is 12.3. The number of hydrogen-bond donors (Lipinski definition) is 1. The molecule has 0 aliphatic carbocycles. The lowest BCUT2D eigenvalue weighted by molar-refractivity contribution is 0.0620. The molecule has 0 spiro atoms. The molecule has 5 rings (SSSR count). The lowest BCUT2D eigenvalue weighted by Gasteiger charge is -2.44. The van der Waals surface area contributed by atoms with Gasteiger partial charge in [0.1, 0.15) is 11.8 Å². The van der Waals surface area contributed by atoms with Crippen molar-refractivity contribution in [2.75, 3.05) is 19.6 Å². The van der Waals surface area contributed by atoms with Gasteiger partial charge in [-0.05, 0) is 56.1 Å². The van der Waals surface area contributed by atoms with Gasteiger partial charge in [-0.25, -0.2) is 0 Å². The molecule has 5 heterocycles. The summed E-state index contributed by atoms with van der Waals surface area (Å²) >= 11 is 0. The number of amides is 1. The molecule has 3 saturated heterocycles. The molecule has 22 heavy (non-hydrogen) atoms. The summed E-state index contributed by atoms with van der Waals surface area (Å²) in [6, 6.07) is 9.76. The second kappa shape index (κ2) is 5.15. The third-order valence-electron chi connectivity index (χ3n) is 5.00. The van der Waals surface area contributed by atoms with Gasteiger partial charge >= 0.3 is 0 Å². The second-order valence-electron chi connectivity index (χ2n) is 6.26. The summed E-state index contributed by atoms with van der Waals surface area (Å²) in [6.45, 7) is 3.29. The number of aromatic nitrogens is 1. The SMILES string of the molecule is N#Cc1ccc2ccc(C(=O)NC3CN4CCC3CC4)cn12. The van der Waals surface area contributed by atoms with Gasteiger partial charge in [-0.3, -0.25) is 4.79 Å². The van der Waals surface area contributed by atoms with Gasteiger partial charge < -0.3 is 14.6 Å². The first-order chi connectivity index (χ1) is 10.7. The van der Waals surface area contributed by atoms with Crippen LogP contribution in [0.2, 0.25) is 0 Å². The van der Waals surface area contributed by atoms with E-state index in [2.05, 4.69) is 16.3 Å². The standard InChI is InChI=1S/C17H18N4O/c18-9-15-4-3-14-2-1-13(10-21(14)15)17(22)19-16-11-20-7-5-12(16)6-8-20/h1-4,10,12,16H,5-8,11H2,(H,19,22). The van der Waals surface area contributed by atoms with Crippen molar-refractivity contribution in [3.05, 3.63) is 41.7 Å². The first kappa shape index (κ1) is 13.4. The number of pyridine rings is 1. The zero-order valence-electron chi connectivity index (χ0n) is 12.3. The zero-order chi connectivity index (χ0) is 15.1. The van der Waals surface area contributed by atoms with E-state index in [0.717, 1.165) is 25.2 Å². The van der Waals surface area contributed by atoms with Crippen LogP contribution in [-0.2, 0) is 0 Å². The van der Waals surface area contributed by atoms with Gasteiger partial charge in [0.15, 0.2) is 0 Å². The molecule has 3 aliphatic heterocycles. The average molecular weight is 294 g/mol. The molecule has 0 radical (unpaired) electrons. The van der Waals surface area contributed by atoms with Crippen molar-refractivity contribution in [1.82, 2.24) is 14.6 Å². The molecule has 5 heteroatoms. The van der Waals surface area contributed by atoms with Crippen LogP contribution in [-0.4, -0.2) is 40.9 Å². The Kier molecular flexibility index (Phi) is 3.12. The van der Waals surface area contributed by atoms with Crippen LogP contribution in [0, 0.1) is 17.2 Å². The average Bonchev–Trinajstić information content (AvgIpc) is 2.98. The van der Waals surface area contributed by atoms with Crippen molar-refractivity contribution in [1.29, 1.82) is 5.26 Å². The van der Waals surface area contributed by atoms with Gasteiger partial charge in [-0.1, -0.05) is 0 Å². The van der Waals surface area contributed by atoms with Crippen molar-refractivity contribution in [3.8, 4) is 6.07 Å². The first-order valence-corrected chi connectivity index (χ1v) is 7.79. The van der Waals surface area contributed by atoms with Crippen molar-refractivity contribution in [3.63, 3.8) is 0 Å². The summed E-state index contributed by atoms with van der Waals surface area (Å²) < 4.78 is 1.77. The van der Waals surface area contributed by atoms with Crippen LogP contribution in [0.5, 0.6) is 0 Å². The number of nitrogens with zero attached hydrogens (tertiary/aromatic N) is 3. The van der Waals surface area contributed by atoms with E-state index < -0.39 is 0 Å². The molecule has 1 N–H and O–H groups in total. The van der Waals surface area contributed by atoms with E-state index in [0.29, 0.717) is 17.2 Å². The topological polar surface area (TPSA) is 60.5 Å². The van der Waals surface area contributed by atoms with E-state index >= 15 is 0 Å². The van der Waals surface area contributed by atoms with Crippen molar-refractivity contribution in [2.24, 2.45) is 5.92 Å². The van der Waals surface area contributed by atoms with E-state index in [1.54, 1.807) is 16.7 Å². The van der Waals surface area contributed by atoms with Crippen LogP contribution in [0.25, 0.3) is 5.52 Å². The normalized spacial score (nSPS) is 26.8. The fraction of sp³-hybridized carbons (Fsp3) is 0.412. The second-order valence-corrected chi connectivity index (χ2v) is 6.26. The number of fused-ring (bicyclic) bond motifs is 4. The van der Waals surface area contributed by atoms with Crippen molar-refractivity contribution >= 4 is 11.4 Å². The molecule has 0 aromatic carbocycles. The molecule has 112 valence electrons. The van der Waals surface area contributed by atoms with Gasteiger partial charge in [0.25, 0.3) is 5.91 Å². The molecule has 1 atom stereocenters. The minimum absolute atomic E-state index is 0.0433. The highest BCUT2D eigenvalue weighted by Gasteiger charge is 2.34. The quantitative estimate of drug-likeness (QED) is 0.916. The number of piperidine rings is 3. The summed E-state index contributed by atoms with van der Waals surface area (Å²) in [6.07, 6.45) is 4.12. The molecule has 2 aromatic rings. The maximum Gasteiger partial charge on any atom is 0.253 e. The number of nitriles is 1. The monoisotopic (exact) mass is 294 g/mol. The highest BCUT2D eigenvalue weighted by molar-refractivity contribution is 5.94.